The number of benzene rings is 1. The third-order valence-corrected chi connectivity index (χ3v) is 3.12. The Morgan fingerprint density at radius 3 is 2.71 bits per heavy atom. The van der Waals surface area contributed by atoms with Gasteiger partial charge in [0, 0.05) is 10.9 Å². The van der Waals surface area contributed by atoms with E-state index in [0.717, 1.165) is 12.8 Å². The van der Waals surface area contributed by atoms with Crippen molar-refractivity contribution in [1.82, 2.24) is 0 Å². The number of nitrogens with one attached hydrogen (secondary N) is 1. The van der Waals surface area contributed by atoms with Crippen molar-refractivity contribution in [3.05, 3.63) is 41.2 Å². The van der Waals surface area contributed by atoms with Crippen LogP contribution in [-0.2, 0) is 10.6 Å². The van der Waals surface area contributed by atoms with Gasteiger partial charge in [-0.2, -0.15) is 4.39 Å². The molecular formula is C15H13ClF3NO. The summed E-state index contributed by atoms with van der Waals surface area (Å²) in [6.07, 6.45) is 2.06. The molecule has 2 aliphatic rings. The predicted octanol–water partition coefficient (Wildman–Crippen LogP) is 4.67. The smallest absolute Gasteiger partial charge is 0.342 e. The van der Waals surface area contributed by atoms with Crippen molar-refractivity contribution >= 4 is 17.3 Å². The number of halogens is 4. The molecule has 1 heterocycles. The maximum atomic E-state index is 14.8. The monoisotopic (exact) mass is 315 g/mol. The van der Waals surface area contributed by atoms with E-state index in [4.69, 9.17) is 16.3 Å². The lowest BCUT2D eigenvalue weighted by atomic mass is 10.0. The van der Waals surface area contributed by atoms with Crippen LogP contribution in [0.25, 0.3) is 0 Å². The van der Waals surface area contributed by atoms with Gasteiger partial charge >= 0.3 is 5.85 Å². The van der Waals surface area contributed by atoms with Gasteiger partial charge in [0.15, 0.2) is 5.88 Å². The van der Waals surface area contributed by atoms with Crippen LogP contribution < -0.4 is 5.32 Å². The maximum Gasteiger partial charge on any atom is 0.342 e. The lowest BCUT2D eigenvalue weighted by Crippen LogP contribution is -2.30. The van der Waals surface area contributed by atoms with E-state index < -0.39 is 12.8 Å². The first-order chi connectivity index (χ1) is 9.98. The Balaban J connectivity index is 0.000000497. The number of hydrogen-bond acceptors (Lipinski definition) is 2. The lowest BCUT2D eigenvalue weighted by molar-refractivity contribution is -0.0680. The summed E-state index contributed by atoms with van der Waals surface area (Å²) in [6.45, 7) is 1.85. The Kier molecular flexibility index (Phi) is 4.69. The molecule has 1 fully saturated rings. The molecule has 0 spiro atoms. The van der Waals surface area contributed by atoms with Crippen LogP contribution in [0.3, 0.4) is 0 Å². The van der Waals surface area contributed by atoms with Gasteiger partial charge in [0.25, 0.3) is 0 Å². The van der Waals surface area contributed by atoms with Crippen LogP contribution in [0, 0.1) is 17.8 Å². The number of anilines is 1. The normalized spacial score (nSPS) is 22.6. The fraction of sp³-hybridized carbons (Fsp3) is 0.333. The first kappa shape index (κ1) is 15.6. The van der Waals surface area contributed by atoms with Crippen molar-refractivity contribution in [3.8, 4) is 11.8 Å². The minimum atomic E-state index is -2.16. The molecule has 1 unspecified atom stereocenters. The number of hydrogen-bond donors (Lipinski definition) is 1. The largest absolute Gasteiger partial charge is 0.429 e. The third kappa shape index (κ3) is 3.85. The van der Waals surface area contributed by atoms with E-state index in [1.165, 1.54) is 6.07 Å². The molecule has 0 aromatic heterocycles. The first-order valence-electron chi connectivity index (χ1n) is 6.27. The highest BCUT2D eigenvalue weighted by atomic mass is 35.5. The van der Waals surface area contributed by atoms with Gasteiger partial charge in [0.2, 0.25) is 6.93 Å². The maximum absolute atomic E-state index is 14.8. The topological polar surface area (TPSA) is 21.3 Å². The molecular weight excluding hydrogens is 303 g/mol. The summed E-state index contributed by atoms with van der Waals surface area (Å²) in [5.41, 5.74) is 0.888. The molecule has 0 amide bonds. The summed E-state index contributed by atoms with van der Waals surface area (Å²) in [5.74, 6) is 3.75. The van der Waals surface area contributed by atoms with E-state index in [1.54, 1.807) is 12.1 Å². The van der Waals surface area contributed by atoms with Crippen molar-refractivity contribution in [3.63, 3.8) is 0 Å². The van der Waals surface area contributed by atoms with E-state index in [9.17, 15) is 13.2 Å². The summed E-state index contributed by atoms with van der Waals surface area (Å²) in [7, 11) is 0. The Bertz CT molecular complexity index is 607. The standard InChI is InChI=1S/C14H11ClFNO.CH2F2/c1-9-17-13-5-4-11(15)8-12(13)14(16,18-9)7-6-10-2-3-10;2-1-3/h4-5,8,10,17H,1-3H2;1H2. The van der Waals surface area contributed by atoms with Gasteiger partial charge in [-0.25, -0.2) is 8.78 Å². The van der Waals surface area contributed by atoms with Crippen molar-refractivity contribution in [2.45, 2.75) is 18.7 Å². The molecule has 1 aliphatic carbocycles. The van der Waals surface area contributed by atoms with E-state index in [1.807, 2.05) is 0 Å². The average Bonchev–Trinajstić information content (AvgIpc) is 3.23. The number of fused-ring (bicyclic) bond motifs is 1. The van der Waals surface area contributed by atoms with Gasteiger partial charge in [-0.05, 0) is 43.5 Å². The highest BCUT2D eigenvalue weighted by molar-refractivity contribution is 6.30. The fourth-order valence-electron chi connectivity index (χ4n) is 1.81. The van der Waals surface area contributed by atoms with Gasteiger partial charge in [-0.1, -0.05) is 17.5 Å². The lowest BCUT2D eigenvalue weighted by Gasteiger charge is -2.30. The second-order valence-electron chi connectivity index (χ2n) is 4.58. The highest BCUT2D eigenvalue weighted by Gasteiger charge is 2.39. The molecule has 2 nitrogen and oxygen atoms in total. The molecule has 1 atom stereocenters. The minimum Gasteiger partial charge on any atom is -0.429 e. The summed E-state index contributed by atoms with van der Waals surface area (Å²) in [6, 6.07) is 4.90. The zero-order chi connectivity index (χ0) is 15.5. The predicted molar refractivity (Wildman–Crippen MR) is 75.7 cm³/mol. The van der Waals surface area contributed by atoms with Gasteiger partial charge in [-0.3, -0.25) is 0 Å². The van der Waals surface area contributed by atoms with E-state index >= 15 is 0 Å². The number of alkyl halides is 3. The Morgan fingerprint density at radius 2 is 2.10 bits per heavy atom. The van der Waals surface area contributed by atoms with Crippen molar-refractivity contribution < 1.29 is 17.9 Å². The summed E-state index contributed by atoms with van der Waals surface area (Å²) in [5, 5.41) is 3.31. The number of ether oxygens (including phenoxy) is 1. The molecule has 0 saturated heterocycles. The SMILES string of the molecule is C=C1Nc2ccc(Cl)cc2C(F)(C#CC2CC2)O1.FCF. The van der Waals surface area contributed by atoms with Crippen LogP contribution in [0.4, 0.5) is 18.9 Å². The van der Waals surface area contributed by atoms with Crippen LogP contribution in [0.1, 0.15) is 18.4 Å². The molecule has 1 aliphatic heterocycles. The second-order valence-corrected chi connectivity index (χ2v) is 5.02. The molecule has 1 saturated carbocycles. The van der Waals surface area contributed by atoms with Crippen LogP contribution >= 0.6 is 11.6 Å². The molecule has 1 aromatic rings. The van der Waals surface area contributed by atoms with Gasteiger partial charge in [0.1, 0.15) is 0 Å². The molecule has 0 radical (unpaired) electrons. The highest BCUT2D eigenvalue weighted by Crippen LogP contribution is 2.41. The Labute approximate surface area is 125 Å². The molecule has 0 bridgehead atoms. The van der Waals surface area contributed by atoms with Crippen molar-refractivity contribution in [1.29, 1.82) is 0 Å². The zero-order valence-electron chi connectivity index (χ0n) is 11.1. The van der Waals surface area contributed by atoms with Crippen LogP contribution in [0.5, 0.6) is 0 Å². The average molecular weight is 316 g/mol. The quantitative estimate of drug-likeness (QED) is 0.702. The summed E-state index contributed by atoms with van der Waals surface area (Å²) < 4.78 is 39.2. The zero-order valence-corrected chi connectivity index (χ0v) is 11.8. The van der Waals surface area contributed by atoms with Gasteiger partial charge in [0.05, 0.1) is 11.3 Å². The van der Waals surface area contributed by atoms with E-state index in [-0.39, 0.29) is 5.88 Å². The molecule has 1 aromatic carbocycles. The second kappa shape index (κ2) is 6.31. The van der Waals surface area contributed by atoms with Gasteiger partial charge in [-0.15, -0.1) is 0 Å². The first-order valence-corrected chi connectivity index (χ1v) is 6.65. The van der Waals surface area contributed by atoms with Crippen molar-refractivity contribution in [2.75, 3.05) is 12.2 Å². The van der Waals surface area contributed by atoms with Crippen molar-refractivity contribution in [2.24, 2.45) is 5.92 Å². The van der Waals surface area contributed by atoms with Crippen LogP contribution in [0.15, 0.2) is 30.7 Å². The third-order valence-electron chi connectivity index (χ3n) is 2.88. The Hall–Kier alpha value is -1.80. The summed E-state index contributed by atoms with van der Waals surface area (Å²) >= 11 is 5.89. The van der Waals surface area contributed by atoms with Crippen LogP contribution in [0.2, 0.25) is 5.02 Å². The van der Waals surface area contributed by atoms with Gasteiger partial charge < -0.3 is 10.1 Å². The Morgan fingerprint density at radius 1 is 1.43 bits per heavy atom. The molecule has 112 valence electrons. The fourth-order valence-corrected chi connectivity index (χ4v) is 1.98. The van der Waals surface area contributed by atoms with Crippen LogP contribution in [-0.4, -0.2) is 6.93 Å². The minimum absolute atomic E-state index is 0.150. The molecule has 6 heteroatoms. The van der Waals surface area contributed by atoms with E-state index in [2.05, 4.69) is 23.7 Å². The summed E-state index contributed by atoms with van der Waals surface area (Å²) in [4.78, 5) is 0. The molecule has 1 N–H and O–H groups in total. The van der Waals surface area contributed by atoms with E-state index in [0.29, 0.717) is 22.2 Å². The number of rotatable bonds is 0. The molecule has 3 rings (SSSR count). The molecule has 21 heavy (non-hydrogen) atoms.